The van der Waals surface area contributed by atoms with E-state index in [1.54, 1.807) is 13.8 Å². The number of halogens is 2. The van der Waals surface area contributed by atoms with E-state index in [4.69, 9.17) is 10.5 Å². The van der Waals surface area contributed by atoms with Gasteiger partial charge in [0.1, 0.15) is 0 Å². The van der Waals surface area contributed by atoms with Crippen LogP contribution in [0.2, 0.25) is 0 Å². The summed E-state index contributed by atoms with van der Waals surface area (Å²) in [6, 6.07) is -1.24. The van der Waals surface area contributed by atoms with Crippen molar-refractivity contribution in [1.29, 1.82) is 0 Å². The Morgan fingerprint density at radius 2 is 2.00 bits per heavy atom. The average Bonchev–Trinajstić information content (AvgIpc) is 1.98. The van der Waals surface area contributed by atoms with E-state index in [9.17, 15) is 13.6 Å². The quantitative estimate of drug-likeness (QED) is 0.673. The highest BCUT2D eigenvalue weighted by atomic mass is 19.3. The molecule has 0 saturated heterocycles. The van der Waals surface area contributed by atoms with Gasteiger partial charge in [0.2, 0.25) is 0 Å². The molecule has 0 aliphatic rings. The van der Waals surface area contributed by atoms with Crippen LogP contribution in [0.25, 0.3) is 0 Å². The molecule has 0 aliphatic carbocycles. The largest absolute Gasteiger partial charge is 0.463 e. The van der Waals surface area contributed by atoms with Crippen molar-refractivity contribution in [3.05, 3.63) is 0 Å². The summed E-state index contributed by atoms with van der Waals surface area (Å²) < 4.78 is 28.5. The number of carbonyl (C=O) groups is 1. The van der Waals surface area contributed by atoms with Gasteiger partial charge in [0.05, 0.1) is 12.1 Å². The van der Waals surface area contributed by atoms with Crippen LogP contribution >= 0.6 is 0 Å². The highest BCUT2D eigenvalue weighted by Crippen LogP contribution is 2.06. The lowest BCUT2D eigenvalue weighted by atomic mass is 10.2. The fourth-order valence-corrected chi connectivity index (χ4v) is 0.732. The minimum atomic E-state index is -2.58. The second-order valence-corrected chi connectivity index (χ2v) is 3.08. The standard InChI is InChI=1S/C8H15F2NO2/c1-5(2)13-7(12)4-3-6(11)8(9)10/h5-6,8H,3-4,11H2,1-2H3. The van der Waals surface area contributed by atoms with Gasteiger partial charge in [0, 0.05) is 6.42 Å². The summed E-state index contributed by atoms with van der Waals surface area (Å²) in [5.74, 6) is -0.480. The Kier molecular flexibility index (Phi) is 5.53. The molecule has 78 valence electrons. The fourth-order valence-electron chi connectivity index (χ4n) is 0.732. The van der Waals surface area contributed by atoms with Crippen molar-refractivity contribution in [2.24, 2.45) is 5.73 Å². The molecule has 0 spiro atoms. The van der Waals surface area contributed by atoms with E-state index in [0.29, 0.717) is 0 Å². The van der Waals surface area contributed by atoms with Crippen LogP contribution in [-0.4, -0.2) is 24.5 Å². The summed E-state index contributed by atoms with van der Waals surface area (Å²) in [7, 11) is 0. The smallest absolute Gasteiger partial charge is 0.306 e. The Hall–Kier alpha value is -0.710. The van der Waals surface area contributed by atoms with Crippen molar-refractivity contribution in [3.8, 4) is 0 Å². The Morgan fingerprint density at radius 1 is 1.46 bits per heavy atom. The molecule has 0 aromatic heterocycles. The first-order valence-corrected chi connectivity index (χ1v) is 4.16. The van der Waals surface area contributed by atoms with Crippen LogP contribution in [0.5, 0.6) is 0 Å². The molecule has 13 heavy (non-hydrogen) atoms. The molecule has 2 N–H and O–H groups in total. The molecule has 5 heteroatoms. The third-order valence-corrected chi connectivity index (χ3v) is 1.37. The Balaban J connectivity index is 3.58. The number of hydrogen-bond acceptors (Lipinski definition) is 3. The summed E-state index contributed by atoms with van der Waals surface area (Å²) in [6.07, 6.45) is -2.88. The van der Waals surface area contributed by atoms with Crippen LogP contribution in [0.3, 0.4) is 0 Å². The van der Waals surface area contributed by atoms with Gasteiger partial charge in [-0.3, -0.25) is 4.79 Å². The van der Waals surface area contributed by atoms with Gasteiger partial charge in [-0.1, -0.05) is 0 Å². The topological polar surface area (TPSA) is 52.3 Å². The first-order valence-electron chi connectivity index (χ1n) is 4.16. The van der Waals surface area contributed by atoms with Gasteiger partial charge in [-0.25, -0.2) is 8.78 Å². The zero-order valence-electron chi connectivity index (χ0n) is 7.80. The molecule has 0 heterocycles. The first kappa shape index (κ1) is 12.3. The zero-order chi connectivity index (χ0) is 10.4. The van der Waals surface area contributed by atoms with E-state index in [0.717, 1.165) is 0 Å². The second kappa shape index (κ2) is 5.85. The predicted octanol–water partition coefficient (Wildman–Crippen LogP) is 1.31. The highest BCUT2D eigenvalue weighted by molar-refractivity contribution is 5.69. The van der Waals surface area contributed by atoms with Crippen molar-refractivity contribution in [1.82, 2.24) is 0 Å². The maximum atomic E-state index is 11.9. The van der Waals surface area contributed by atoms with Gasteiger partial charge in [-0.2, -0.15) is 0 Å². The van der Waals surface area contributed by atoms with Crippen LogP contribution in [0.15, 0.2) is 0 Å². The summed E-state index contributed by atoms with van der Waals surface area (Å²) in [6.45, 7) is 3.40. The molecule has 3 nitrogen and oxygen atoms in total. The molecule has 0 bridgehead atoms. The highest BCUT2D eigenvalue weighted by Gasteiger charge is 2.17. The molecule has 0 amide bonds. The fraction of sp³-hybridized carbons (Fsp3) is 0.875. The lowest BCUT2D eigenvalue weighted by molar-refractivity contribution is -0.147. The molecule has 1 atom stereocenters. The van der Waals surface area contributed by atoms with Crippen molar-refractivity contribution >= 4 is 5.97 Å². The summed E-state index contributed by atoms with van der Waals surface area (Å²) in [5, 5.41) is 0. The lowest BCUT2D eigenvalue weighted by Gasteiger charge is -2.11. The minimum Gasteiger partial charge on any atom is -0.463 e. The molecule has 0 saturated carbocycles. The van der Waals surface area contributed by atoms with E-state index >= 15 is 0 Å². The number of hydrogen-bond donors (Lipinski definition) is 1. The van der Waals surface area contributed by atoms with Gasteiger partial charge in [0.25, 0.3) is 6.43 Å². The number of carbonyl (C=O) groups excluding carboxylic acids is 1. The van der Waals surface area contributed by atoms with Gasteiger partial charge in [-0.05, 0) is 20.3 Å². The van der Waals surface area contributed by atoms with E-state index in [-0.39, 0.29) is 18.9 Å². The summed E-state index contributed by atoms with van der Waals surface area (Å²) in [5.41, 5.74) is 5.04. The van der Waals surface area contributed by atoms with Gasteiger partial charge in [0.15, 0.2) is 0 Å². The normalized spacial score (nSPS) is 13.5. The summed E-state index contributed by atoms with van der Waals surface area (Å²) in [4.78, 5) is 10.9. The molecule has 0 aliphatic heterocycles. The van der Waals surface area contributed by atoms with Crippen LogP contribution in [-0.2, 0) is 9.53 Å². The van der Waals surface area contributed by atoms with Crippen LogP contribution in [0, 0.1) is 0 Å². The van der Waals surface area contributed by atoms with Crippen molar-refractivity contribution in [2.45, 2.75) is 45.3 Å². The average molecular weight is 195 g/mol. The molecule has 0 aromatic rings. The SMILES string of the molecule is CC(C)OC(=O)CCC(N)C(F)F. The first-order chi connectivity index (χ1) is 5.93. The minimum absolute atomic E-state index is 0.0385. The Morgan fingerprint density at radius 3 is 2.38 bits per heavy atom. The maximum absolute atomic E-state index is 11.9. The monoisotopic (exact) mass is 195 g/mol. The molecule has 0 rings (SSSR count). The van der Waals surface area contributed by atoms with Gasteiger partial charge >= 0.3 is 5.97 Å². The molecule has 0 fully saturated rings. The van der Waals surface area contributed by atoms with Crippen LogP contribution < -0.4 is 5.73 Å². The summed E-state index contributed by atoms with van der Waals surface area (Å²) >= 11 is 0. The van der Waals surface area contributed by atoms with Crippen LogP contribution in [0.1, 0.15) is 26.7 Å². The lowest BCUT2D eigenvalue weighted by Crippen LogP contribution is -2.29. The van der Waals surface area contributed by atoms with E-state index in [1.165, 1.54) is 0 Å². The number of alkyl halides is 2. The van der Waals surface area contributed by atoms with E-state index < -0.39 is 18.4 Å². The van der Waals surface area contributed by atoms with E-state index in [2.05, 4.69) is 0 Å². The maximum Gasteiger partial charge on any atom is 0.306 e. The number of esters is 1. The van der Waals surface area contributed by atoms with Crippen molar-refractivity contribution in [3.63, 3.8) is 0 Å². The Bertz CT molecular complexity index is 162. The number of rotatable bonds is 5. The zero-order valence-corrected chi connectivity index (χ0v) is 7.80. The third kappa shape index (κ3) is 6.45. The Labute approximate surface area is 76.2 Å². The van der Waals surface area contributed by atoms with E-state index in [1.807, 2.05) is 0 Å². The third-order valence-electron chi connectivity index (χ3n) is 1.37. The van der Waals surface area contributed by atoms with Gasteiger partial charge < -0.3 is 10.5 Å². The van der Waals surface area contributed by atoms with Gasteiger partial charge in [-0.15, -0.1) is 0 Å². The number of nitrogens with two attached hydrogens (primary N) is 1. The van der Waals surface area contributed by atoms with Crippen molar-refractivity contribution < 1.29 is 18.3 Å². The number of ether oxygens (including phenoxy) is 1. The second-order valence-electron chi connectivity index (χ2n) is 3.08. The molecular formula is C8H15F2NO2. The van der Waals surface area contributed by atoms with Crippen LogP contribution in [0.4, 0.5) is 8.78 Å². The van der Waals surface area contributed by atoms with Crippen molar-refractivity contribution in [2.75, 3.05) is 0 Å². The predicted molar refractivity (Wildman–Crippen MR) is 44.4 cm³/mol. The molecule has 0 aromatic carbocycles. The molecular weight excluding hydrogens is 180 g/mol. The molecule has 0 radical (unpaired) electrons. The molecule has 1 unspecified atom stereocenters.